The predicted molar refractivity (Wildman–Crippen MR) is 80.1 cm³/mol. The van der Waals surface area contributed by atoms with Crippen LogP contribution in [-0.2, 0) is 21.9 Å². The van der Waals surface area contributed by atoms with Gasteiger partial charge in [-0.25, -0.2) is 0 Å². The van der Waals surface area contributed by atoms with Gasteiger partial charge in [0.2, 0.25) is 0 Å². The Bertz CT molecular complexity index is 636. The highest BCUT2D eigenvalue weighted by Crippen LogP contribution is 2.37. The molecule has 0 atom stereocenters. The summed E-state index contributed by atoms with van der Waals surface area (Å²) >= 11 is 4.92. The predicted octanol–water partition coefficient (Wildman–Crippen LogP) is 3.32. The first-order valence-electron chi connectivity index (χ1n) is 6.96. The topological polar surface area (TPSA) is 41.6 Å². The second-order valence-corrected chi connectivity index (χ2v) is 5.54. The molecule has 1 N–H and O–H groups in total. The molecule has 0 radical (unpaired) electrons. The van der Waals surface area contributed by atoms with Crippen LogP contribution < -0.4 is 5.32 Å². The second-order valence-electron chi connectivity index (χ2n) is 5.15. The first kappa shape index (κ1) is 19.4. The molecule has 0 saturated carbocycles. The minimum atomic E-state index is -4.99. The highest BCUT2D eigenvalue weighted by Gasteiger charge is 2.37. The number of hydrogen-bond donors (Lipinski definition) is 1. The van der Waals surface area contributed by atoms with E-state index in [-0.39, 0.29) is 11.1 Å². The molecule has 1 aliphatic heterocycles. The first-order chi connectivity index (χ1) is 11.5. The van der Waals surface area contributed by atoms with Gasteiger partial charge < -0.3 is 15.0 Å². The van der Waals surface area contributed by atoms with Crippen molar-refractivity contribution in [1.82, 2.24) is 4.90 Å². The number of halogens is 6. The lowest BCUT2D eigenvalue weighted by Gasteiger charge is -2.28. The summed E-state index contributed by atoms with van der Waals surface area (Å²) in [6, 6.07) is 0.833. The van der Waals surface area contributed by atoms with Gasteiger partial charge in [-0.1, -0.05) is 12.2 Å². The van der Waals surface area contributed by atoms with Crippen LogP contribution in [0.25, 0.3) is 0 Å². The Morgan fingerprint density at radius 2 is 1.48 bits per heavy atom. The van der Waals surface area contributed by atoms with E-state index >= 15 is 0 Å². The molecule has 1 saturated heterocycles. The molecule has 1 aromatic rings. The second kappa shape index (κ2) is 7.16. The first-order valence-corrected chi connectivity index (χ1v) is 7.37. The van der Waals surface area contributed by atoms with Crippen LogP contribution in [0.2, 0.25) is 0 Å². The molecule has 4 nitrogen and oxygen atoms in total. The fraction of sp³-hybridized carbons (Fsp3) is 0.429. The van der Waals surface area contributed by atoms with Crippen molar-refractivity contribution >= 4 is 28.8 Å². The van der Waals surface area contributed by atoms with Crippen molar-refractivity contribution in [3.63, 3.8) is 0 Å². The molecular weight excluding hydrogens is 374 g/mol. The minimum Gasteiger partial charge on any atom is -0.378 e. The molecule has 1 heterocycles. The number of thiocarbonyl (C=S) groups is 1. The lowest BCUT2D eigenvalue weighted by atomic mass is 10.1. The summed E-state index contributed by atoms with van der Waals surface area (Å²) in [5.74, 6) is -0.954. The number of nitrogens with zero attached hydrogens (tertiary/aromatic N) is 1. The van der Waals surface area contributed by atoms with E-state index in [4.69, 9.17) is 17.0 Å². The summed E-state index contributed by atoms with van der Waals surface area (Å²) in [5.41, 5.74) is -3.67. The number of carbonyl (C=O) groups excluding carboxylic acids is 1. The van der Waals surface area contributed by atoms with Crippen molar-refractivity contribution in [3.8, 4) is 0 Å². The lowest BCUT2D eigenvalue weighted by Crippen LogP contribution is -2.44. The van der Waals surface area contributed by atoms with E-state index < -0.39 is 35.1 Å². The molecule has 0 spiro atoms. The fourth-order valence-corrected chi connectivity index (χ4v) is 2.36. The van der Waals surface area contributed by atoms with Crippen LogP contribution in [0, 0.1) is 0 Å². The van der Waals surface area contributed by atoms with E-state index in [1.165, 1.54) is 4.90 Å². The Hall–Kier alpha value is -1.88. The molecule has 138 valence electrons. The Morgan fingerprint density at radius 3 is 1.92 bits per heavy atom. The fourth-order valence-electron chi connectivity index (χ4n) is 2.12. The zero-order valence-corrected chi connectivity index (χ0v) is 13.3. The highest BCUT2D eigenvalue weighted by molar-refractivity contribution is 7.82. The SMILES string of the molecule is O=C(Nc1cc(C(F)(F)F)cc(C(F)(F)F)c1)C(=S)N1CCOCC1. The van der Waals surface area contributed by atoms with Crippen LogP contribution >= 0.6 is 12.2 Å². The summed E-state index contributed by atoms with van der Waals surface area (Å²) < 4.78 is 81.8. The van der Waals surface area contributed by atoms with Crippen LogP contribution in [0.4, 0.5) is 32.0 Å². The molecule has 0 aliphatic carbocycles. The monoisotopic (exact) mass is 386 g/mol. The summed E-state index contributed by atoms with van der Waals surface area (Å²) in [6.45, 7) is 1.25. The third-order valence-corrected chi connectivity index (χ3v) is 3.78. The molecule has 0 unspecified atom stereocenters. The van der Waals surface area contributed by atoms with Crippen LogP contribution in [-0.4, -0.2) is 42.1 Å². The standard InChI is InChI=1S/C14H12F6N2O2S/c15-13(16,17)8-5-9(14(18,19)20)7-10(6-8)21-11(23)12(25)22-1-3-24-4-2-22/h5-7H,1-4H2,(H,21,23). The van der Waals surface area contributed by atoms with Crippen molar-refractivity contribution in [2.45, 2.75) is 12.4 Å². The zero-order valence-electron chi connectivity index (χ0n) is 12.5. The van der Waals surface area contributed by atoms with E-state index in [0.717, 1.165) is 0 Å². The largest absolute Gasteiger partial charge is 0.416 e. The summed E-state index contributed by atoms with van der Waals surface area (Å²) in [4.78, 5) is 13.3. The van der Waals surface area contributed by atoms with Crippen LogP contribution in [0.5, 0.6) is 0 Å². The minimum absolute atomic E-state index is 0.0179. The van der Waals surface area contributed by atoms with Crippen molar-refractivity contribution in [1.29, 1.82) is 0 Å². The normalized spacial score (nSPS) is 15.8. The molecule has 0 aromatic heterocycles. The van der Waals surface area contributed by atoms with Gasteiger partial charge in [0.15, 0.2) is 4.99 Å². The maximum Gasteiger partial charge on any atom is 0.416 e. The van der Waals surface area contributed by atoms with Crippen LogP contribution in [0.15, 0.2) is 18.2 Å². The van der Waals surface area contributed by atoms with Gasteiger partial charge in [-0.2, -0.15) is 26.3 Å². The van der Waals surface area contributed by atoms with Gasteiger partial charge in [-0.05, 0) is 18.2 Å². The molecule has 1 aliphatic rings. The molecule has 1 amide bonds. The summed E-state index contributed by atoms with van der Waals surface area (Å²) in [6.07, 6.45) is -9.99. The number of nitrogens with one attached hydrogen (secondary N) is 1. The van der Waals surface area contributed by atoms with E-state index in [1.807, 2.05) is 5.32 Å². The van der Waals surface area contributed by atoms with Gasteiger partial charge in [0.1, 0.15) is 0 Å². The van der Waals surface area contributed by atoms with Crippen LogP contribution in [0.3, 0.4) is 0 Å². The Kier molecular flexibility index (Phi) is 5.57. The van der Waals surface area contributed by atoms with Crippen molar-refractivity contribution < 1.29 is 35.9 Å². The molecule has 1 fully saturated rings. The van der Waals surface area contributed by atoms with E-state index in [1.54, 1.807) is 0 Å². The number of alkyl halides is 6. The van der Waals surface area contributed by atoms with Crippen molar-refractivity contribution in [2.24, 2.45) is 0 Å². The maximum absolute atomic E-state index is 12.8. The molecule has 2 rings (SSSR count). The highest BCUT2D eigenvalue weighted by atomic mass is 32.1. The number of ether oxygens (including phenoxy) is 1. The van der Waals surface area contributed by atoms with Crippen molar-refractivity contribution in [2.75, 3.05) is 31.6 Å². The number of anilines is 1. The summed E-state index contributed by atoms with van der Waals surface area (Å²) in [5, 5.41) is 2.00. The average Bonchev–Trinajstić information content (AvgIpc) is 2.53. The number of carbonyl (C=O) groups is 1. The van der Waals surface area contributed by atoms with Gasteiger partial charge in [0.25, 0.3) is 5.91 Å². The summed E-state index contributed by atoms with van der Waals surface area (Å²) in [7, 11) is 0. The number of benzene rings is 1. The average molecular weight is 386 g/mol. The quantitative estimate of drug-likeness (QED) is 0.594. The van der Waals surface area contributed by atoms with E-state index in [9.17, 15) is 31.1 Å². The Labute approximate surface area is 143 Å². The lowest BCUT2D eigenvalue weighted by molar-refractivity contribution is -0.143. The molecule has 25 heavy (non-hydrogen) atoms. The van der Waals surface area contributed by atoms with Gasteiger partial charge in [0.05, 0.1) is 24.3 Å². The number of rotatable bonds is 1. The molecular formula is C14H12F6N2O2S. The molecule has 1 aromatic carbocycles. The molecule has 11 heteroatoms. The molecule has 0 bridgehead atoms. The van der Waals surface area contributed by atoms with E-state index in [2.05, 4.69) is 0 Å². The van der Waals surface area contributed by atoms with Crippen LogP contribution in [0.1, 0.15) is 11.1 Å². The Balaban J connectivity index is 2.25. The van der Waals surface area contributed by atoms with Gasteiger partial charge >= 0.3 is 12.4 Å². The Morgan fingerprint density at radius 1 is 1.00 bits per heavy atom. The smallest absolute Gasteiger partial charge is 0.378 e. The number of morpholine rings is 1. The number of hydrogen-bond acceptors (Lipinski definition) is 3. The third kappa shape index (κ3) is 5.05. The maximum atomic E-state index is 12.8. The van der Waals surface area contributed by atoms with Crippen molar-refractivity contribution in [3.05, 3.63) is 29.3 Å². The van der Waals surface area contributed by atoms with E-state index in [0.29, 0.717) is 38.4 Å². The van der Waals surface area contributed by atoms with Gasteiger partial charge in [0, 0.05) is 18.8 Å². The van der Waals surface area contributed by atoms with Gasteiger partial charge in [-0.15, -0.1) is 0 Å². The van der Waals surface area contributed by atoms with Gasteiger partial charge in [-0.3, -0.25) is 4.79 Å². The third-order valence-electron chi connectivity index (χ3n) is 3.34. The zero-order chi connectivity index (χ0) is 18.8. The number of amides is 1.